The summed E-state index contributed by atoms with van der Waals surface area (Å²) < 4.78 is 43.8. The van der Waals surface area contributed by atoms with Crippen molar-refractivity contribution in [3.63, 3.8) is 0 Å². The average molecular weight is 510 g/mol. The molecule has 0 fully saturated rings. The van der Waals surface area contributed by atoms with Gasteiger partial charge in [0.05, 0.1) is 19.0 Å². The molecular formula is C26H24F2N4O5. The van der Waals surface area contributed by atoms with Gasteiger partial charge in [-0.25, -0.2) is 23.5 Å². The number of halogens is 2. The maximum atomic E-state index is 14.6. The van der Waals surface area contributed by atoms with Crippen LogP contribution in [0.5, 0.6) is 5.75 Å². The van der Waals surface area contributed by atoms with Gasteiger partial charge in [-0.15, -0.1) is 0 Å². The molecule has 4 aromatic rings. The summed E-state index contributed by atoms with van der Waals surface area (Å²) in [6.07, 6.45) is 1.65. The second-order valence-electron chi connectivity index (χ2n) is 8.04. The van der Waals surface area contributed by atoms with Crippen LogP contribution in [0.3, 0.4) is 0 Å². The van der Waals surface area contributed by atoms with Crippen LogP contribution in [0.2, 0.25) is 0 Å². The van der Waals surface area contributed by atoms with Gasteiger partial charge in [0.15, 0.2) is 11.6 Å². The van der Waals surface area contributed by atoms with Crippen molar-refractivity contribution < 1.29 is 27.5 Å². The van der Waals surface area contributed by atoms with Gasteiger partial charge in [-0.3, -0.25) is 4.79 Å². The quantitative estimate of drug-likeness (QED) is 0.174. The second kappa shape index (κ2) is 11.1. The third kappa shape index (κ3) is 5.56. The number of carbonyl (C=O) groups excluding carboxylic acids is 1. The lowest BCUT2D eigenvalue weighted by atomic mass is 10.1. The van der Waals surface area contributed by atoms with Crippen LogP contribution >= 0.6 is 0 Å². The minimum absolute atomic E-state index is 0.0442. The third-order valence-electron chi connectivity index (χ3n) is 5.51. The molecule has 0 saturated heterocycles. The van der Waals surface area contributed by atoms with Crippen molar-refractivity contribution in [3.8, 4) is 17.0 Å². The zero-order chi connectivity index (χ0) is 26.5. The van der Waals surface area contributed by atoms with Crippen molar-refractivity contribution >= 4 is 34.1 Å². The highest BCUT2D eigenvalue weighted by Gasteiger charge is 2.19. The fourth-order valence-corrected chi connectivity index (χ4v) is 3.82. The molecule has 0 radical (unpaired) electrons. The number of rotatable bonds is 10. The van der Waals surface area contributed by atoms with Gasteiger partial charge in [0.25, 0.3) is 0 Å². The number of fused-ring (bicyclic) bond motifs is 1. The van der Waals surface area contributed by atoms with Crippen LogP contribution in [-0.4, -0.2) is 43.1 Å². The molecule has 0 aliphatic carbocycles. The number of nitrogens with one attached hydrogen (secondary N) is 2. The fourth-order valence-electron chi connectivity index (χ4n) is 3.82. The molecule has 192 valence electrons. The Balaban J connectivity index is 1.70. The summed E-state index contributed by atoms with van der Waals surface area (Å²) in [6.45, 7) is 2.29. The molecule has 2 heterocycles. The van der Waals surface area contributed by atoms with Crippen molar-refractivity contribution in [3.05, 3.63) is 70.2 Å². The molecule has 9 nitrogen and oxygen atoms in total. The van der Waals surface area contributed by atoms with Gasteiger partial charge in [0.1, 0.15) is 28.4 Å². The predicted molar refractivity (Wildman–Crippen MR) is 135 cm³/mol. The van der Waals surface area contributed by atoms with E-state index in [0.29, 0.717) is 36.3 Å². The number of benzene rings is 2. The van der Waals surface area contributed by atoms with Gasteiger partial charge in [-0.1, -0.05) is 0 Å². The van der Waals surface area contributed by atoms with Gasteiger partial charge >= 0.3 is 5.63 Å². The van der Waals surface area contributed by atoms with Crippen LogP contribution in [0.25, 0.3) is 22.2 Å². The lowest BCUT2D eigenvalue weighted by molar-refractivity contribution is 0.101. The summed E-state index contributed by atoms with van der Waals surface area (Å²) in [5.41, 5.74) is 0.371. The maximum absolute atomic E-state index is 14.6. The standard InChI is InChI=1S/C26H24F2N4O5/c1-14(33)22-24(29-9-4-10-35-2)18-8-6-16(12-21(18)37-25(22)34)31-26-30-13-19(28)23(32-26)17-7-5-15(27)11-20(17)36-3/h5-8,11-13,29H,4,9-10H2,1-3H3,(H,30,31,32). The molecule has 0 saturated carbocycles. The SMILES string of the molecule is COCCCNc1c(C(C)=O)c(=O)oc2cc(Nc3ncc(F)c(-c4ccc(F)cc4OC)n3)ccc12. The summed E-state index contributed by atoms with van der Waals surface area (Å²) in [4.78, 5) is 32.9. The molecule has 2 aromatic carbocycles. The van der Waals surface area contributed by atoms with E-state index in [-0.39, 0.29) is 34.1 Å². The highest BCUT2D eigenvalue weighted by molar-refractivity contribution is 6.06. The number of aromatic nitrogens is 2. The first kappa shape index (κ1) is 25.7. The molecule has 0 aliphatic heterocycles. The number of methoxy groups -OCH3 is 2. The van der Waals surface area contributed by atoms with Crippen LogP contribution in [0, 0.1) is 11.6 Å². The Morgan fingerprint density at radius 1 is 1.14 bits per heavy atom. The number of ketones is 1. The number of hydrogen-bond acceptors (Lipinski definition) is 9. The zero-order valence-corrected chi connectivity index (χ0v) is 20.4. The van der Waals surface area contributed by atoms with E-state index in [9.17, 15) is 18.4 Å². The molecule has 0 unspecified atom stereocenters. The first-order chi connectivity index (χ1) is 17.8. The van der Waals surface area contributed by atoms with Crippen molar-refractivity contribution in [2.24, 2.45) is 0 Å². The minimum atomic E-state index is -0.768. The Morgan fingerprint density at radius 3 is 2.68 bits per heavy atom. The van der Waals surface area contributed by atoms with E-state index in [1.165, 1.54) is 26.2 Å². The Hall–Kier alpha value is -4.38. The number of ether oxygens (including phenoxy) is 2. The molecule has 11 heteroatoms. The molecule has 2 aromatic heterocycles. The van der Waals surface area contributed by atoms with Crippen molar-refractivity contribution in [1.82, 2.24) is 9.97 Å². The first-order valence-corrected chi connectivity index (χ1v) is 11.3. The third-order valence-corrected chi connectivity index (χ3v) is 5.51. The van der Waals surface area contributed by atoms with Crippen molar-refractivity contribution in [2.45, 2.75) is 13.3 Å². The van der Waals surface area contributed by atoms with E-state index in [1.807, 2.05) is 0 Å². The van der Waals surface area contributed by atoms with Crippen molar-refractivity contribution in [2.75, 3.05) is 38.0 Å². The van der Waals surface area contributed by atoms with E-state index >= 15 is 0 Å². The van der Waals surface area contributed by atoms with Gasteiger partial charge in [0.2, 0.25) is 5.95 Å². The van der Waals surface area contributed by atoms with Gasteiger partial charge in [-0.2, -0.15) is 0 Å². The summed E-state index contributed by atoms with van der Waals surface area (Å²) >= 11 is 0. The van der Waals surface area contributed by atoms with Gasteiger partial charge in [-0.05, 0) is 37.6 Å². The Morgan fingerprint density at radius 2 is 1.95 bits per heavy atom. The van der Waals surface area contributed by atoms with Gasteiger partial charge in [0, 0.05) is 49.0 Å². The Kier molecular flexibility index (Phi) is 7.73. The summed E-state index contributed by atoms with van der Waals surface area (Å²) in [6, 6.07) is 8.57. The number of Topliss-reactive ketones (excluding diaryl/α,β-unsaturated/α-hetero) is 1. The van der Waals surface area contributed by atoms with Gasteiger partial charge < -0.3 is 24.5 Å². The topological polar surface area (TPSA) is 116 Å². The van der Waals surface area contributed by atoms with E-state index in [2.05, 4.69) is 20.6 Å². The second-order valence-corrected chi connectivity index (χ2v) is 8.04. The lowest BCUT2D eigenvalue weighted by Crippen LogP contribution is -2.17. The maximum Gasteiger partial charge on any atom is 0.349 e. The van der Waals surface area contributed by atoms with Crippen LogP contribution in [0.15, 0.2) is 51.8 Å². The first-order valence-electron chi connectivity index (χ1n) is 11.3. The van der Waals surface area contributed by atoms with E-state index in [1.54, 1.807) is 25.3 Å². The fraction of sp³-hybridized carbons (Fsp3) is 0.231. The molecule has 0 atom stereocenters. The van der Waals surface area contributed by atoms with Crippen LogP contribution in [0.1, 0.15) is 23.7 Å². The number of nitrogens with zero attached hydrogens (tertiary/aromatic N) is 2. The van der Waals surface area contributed by atoms with E-state index in [4.69, 9.17) is 13.9 Å². The average Bonchev–Trinajstić information content (AvgIpc) is 2.87. The normalized spacial score (nSPS) is 10.9. The summed E-state index contributed by atoms with van der Waals surface area (Å²) in [5, 5.41) is 6.62. The molecule has 0 aliphatic rings. The van der Waals surface area contributed by atoms with Crippen LogP contribution < -0.4 is 21.0 Å². The molecule has 4 rings (SSSR count). The summed E-state index contributed by atoms with van der Waals surface area (Å²) in [5.74, 6) is -1.52. The predicted octanol–water partition coefficient (Wildman–Crippen LogP) is 4.93. The summed E-state index contributed by atoms with van der Waals surface area (Å²) in [7, 11) is 2.93. The van der Waals surface area contributed by atoms with E-state index < -0.39 is 23.0 Å². The highest BCUT2D eigenvalue weighted by Crippen LogP contribution is 2.32. The minimum Gasteiger partial charge on any atom is -0.496 e. The zero-order valence-electron chi connectivity index (χ0n) is 20.4. The number of anilines is 3. The number of carbonyl (C=O) groups is 1. The monoisotopic (exact) mass is 510 g/mol. The lowest BCUT2D eigenvalue weighted by Gasteiger charge is -2.14. The smallest absolute Gasteiger partial charge is 0.349 e. The molecule has 2 N–H and O–H groups in total. The molecular weight excluding hydrogens is 486 g/mol. The Bertz CT molecular complexity index is 1520. The van der Waals surface area contributed by atoms with Crippen LogP contribution in [-0.2, 0) is 4.74 Å². The molecule has 0 bridgehead atoms. The van der Waals surface area contributed by atoms with E-state index in [0.717, 1.165) is 12.3 Å². The Labute approximate surface area is 210 Å². The molecule has 37 heavy (non-hydrogen) atoms. The van der Waals surface area contributed by atoms with Crippen LogP contribution in [0.4, 0.5) is 26.1 Å². The number of hydrogen-bond donors (Lipinski definition) is 2. The largest absolute Gasteiger partial charge is 0.496 e. The molecule has 0 spiro atoms. The highest BCUT2D eigenvalue weighted by atomic mass is 19.1. The van der Waals surface area contributed by atoms with Crippen molar-refractivity contribution in [1.29, 1.82) is 0 Å². The molecule has 0 amide bonds.